The first-order valence-corrected chi connectivity index (χ1v) is 9.76. The van der Waals surface area contributed by atoms with E-state index in [1.807, 2.05) is 17.0 Å². The van der Waals surface area contributed by atoms with E-state index in [4.69, 9.17) is 11.6 Å². The quantitative estimate of drug-likeness (QED) is 0.892. The molecule has 0 unspecified atom stereocenters. The molecule has 5 nitrogen and oxygen atoms in total. The molecular formula is C19H29ClN4O. The van der Waals surface area contributed by atoms with Crippen LogP contribution in [0.5, 0.6) is 0 Å². The van der Waals surface area contributed by atoms with Crippen molar-refractivity contribution in [3.05, 3.63) is 34.9 Å². The molecule has 0 aromatic heterocycles. The minimum atomic E-state index is 0.118. The largest absolute Gasteiger partial charge is 0.335 e. The molecule has 0 radical (unpaired) electrons. The van der Waals surface area contributed by atoms with Gasteiger partial charge in [-0.2, -0.15) is 0 Å². The number of benzene rings is 1. The van der Waals surface area contributed by atoms with Crippen LogP contribution in [0.4, 0.5) is 4.79 Å². The third-order valence-electron chi connectivity index (χ3n) is 5.34. The topological polar surface area (TPSA) is 38.8 Å². The van der Waals surface area contributed by atoms with E-state index in [0.717, 1.165) is 70.2 Å². The van der Waals surface area contributed by atoms with E-state index in [-0.39, 0.29) is 6.03 Å². The van der Waals surface area contributed by atoms with Gasteiger partial charge in [0.25, 0.3) is 0 Å². The van der Waals surface area contributed by atoms with Crippen LogP contribution in [-0.4, -0.2) is 72.6 Å². The number of piperazine rings is 1. The number of likely N-dealkylation sites (N-methyl/N-ethyl adjacent to an activating group) is 1. The summed E-state index contributed by atoms with van der Waals surface area (Å²) in [6.45, 7) is 9.91. The van der Waals surface area contributed by atoms with Crippen LogP contribution >= 0.6 is 11.6 Å². The Kier molecular flexibility index (Phi) is 6.57. The number of piperidine rings is 1. The zero-order chi connectivity index (χ0) is 17.6. The molecule has 2 amide bonds. The lowest BCUT2D eigenvalue weighted by atomic mass is 10.0. The molecule has 6 heteroatoms. The molecule has 2 aliphatic rings. The van der Waals surface area contributed by atoms with Gasteiger partial charge in [0.05, 0.1) is 0 Å². The summed E-state index contributed by atoms with van der Waals surface area (Å²) in [6.07, 6.45) is 2.04. The van der Waals surface area contributed by atoms with Gasteiger partial charge in [-0.3, -0.25) is 4.90 Å². The summed E-state index contributed by atoms with van der Waals surface area (Å²) < 4.78 is 0. The summed E-state index contributed by atoms with van der Waals surface area (Å²) in [5, 5.41) is 4.02. The maximum absolute atomic E-state index is 12.4. The van der Waals surface area contributed by atoms with Crippen LogP contribution in [0.3, 0.4) is 0 Å². The fraction of sp³-hybridized carbons (Fsp3) is 0.632. The number of rotatable bonds is 4. The van der Waals surface area contributed by atoms with Crippen LogP contribution in [0.2, 0.25) is 5.02 Å². The second-order valence-electron chi connectivity index (χ2n) is 7.05. The number of hydrogen-bond donors (Lipinski definition) is 1. The second-order valence-corrected chi connectivity index (χ2v) is 7.48. The maximum Gasteiger partial charge on any atom is 0.317 e. The van der Waals surface area contributed by atoms with Gasteiger partial charge in [-0.05, 0) is 37.1 Å². The van der Waals surface area contributed by atoms with Gasteiger partial charge >= 0.3 is 6.03 Å². The Morgan fingerprint density at radius 2 is 1.68 bits per heavy atom. The van der Waals surface area contributed by atoms with Crippen molar-refractivity contribution in [2.45, 2.75) is 32.4 Å². The summed E-state index contributed by atoms with van der Waals surface area (Å²) in [5.41, 5.74) is 1.29. The average molecular weight is 365 g/mol. The predicted molar refractivity (Wildman–Crippen MR) is 102 cm³/mol. The van der Waals surface area contributed by atoms with Crippen molar-refractivity contribution >= 4 is 17.6 Å². The molecule has 0 aliphatic carbocycles. The highest BCUT2D eigenvalue weighted by molar-refractivity contribution is 6.30. The van der Waals surface area contributed by atoms with E-state index < -0.39 is 0 Å². The number of carbonyl (C=O) groups excluding carboxylic acids is 1. The number of likely N-dealkylation sites (tertiary alicyclic amines) is 1. The minimum absolute atomic E-state index is 0.118. The minimum Gasteiger partial charge on any atom is -0.335 e. The van der Waals surface area contributed by atoms with Crippen LogP contribution in [0.25, 0.3) is 0 Å². The first-order valence-electron chi connectivity index (χ1n) is 9.38. The molecule has 1 N–H and O–H groups in total. The molecule has 1 aromatic carbocycles. The fourth-order valence-electron chi connectivity index (χ4n) is 3.62. The zero-order valence-electron chi connectivity index (χ0n) is 15.1. The van der Waals surface area contributed by atoms with Crippen molar-refractivity contribution < 1.29 is 4.79 Å². The zero-order valence-corrected chi connectivity index (χ0v) is 15.8. The SMILES string of the molecule is CCN1CCN(C(=O)NC2CCN(Cc3ccc(Cl)cc3)CC2)CC1. The first kappa shape index (κ1) is 18.5. The van der Waals surface area contributed by atoms with E-state index in [1.165, 1.54) is 5.56 Å². The number of hydrogen-bond acceptors (Lipinski definition) is 3. The van der Waals surface area contributed by atoms with Crippen molar-refractivity contribution in [2.75, 3.05) is 45.8 Å². The Bertz CT molecular complexity index is 549. The van der Waals surface area contributed by atoms with Crippen molar-refractivity contribution in [3.63, 3.8) is 0 Å². The molecule has 2 saturated heterocycles. The van der Waals surface area contributed by atoms with Gasteiger partial charge in [0.2, 0.25) is 0 Å². The van der Waals surface area contributed by atoms with Crippen molar-refractivity contribution in [2.24, 2.45) is 0 Å². The molecule has 3 rings (SSSR count). The van der Waals surface area contributed by atoms with Gasteiger partial charge in [0, 0.05) is 56.9 Å². The Labute approximate surface area is 155 Å². The molecule has 1 aromatic rings. The summed E-state index contributed by atoms with van der Waals surface area (Å²) in [5.74, 6) is 0. The molecule has 138 valence electrons. The maximum atomic E-state index is 12.4. The molecule has 2 aliphatic heterocycles. The highest BCUT2D eigenvalue weighted by atomic mass is 35.5. The molecule has 0 spiro atoms. The monoisotopic (exact) mass is 364 g/mol. The number of amides is 2. The Balaban J connectivity index is 1.39. The normalized spacial score (nSPS) is 20.6. The molecule has 2 heterocycles. The number of nitrogens with zero attached hydrogens (tertiary/aromatic N) is 3. The van der Waals surface area contributed by atoms with E-state index in [2.05, 4.69) is 34.2 Å². The Hall–Kier alpha value is -1.30. The summed E-state index contributed by atoms with van der Waals surface area (Å²) in [4.78, 5) is 19.2. The molecule has 0 atom stereocenters. The van der Waals surface area contributed by atoms with Gasteiger partial charge in [-0.15, -0.1) is 0 Å². The van der Waals surface area contributed by atoms with Gasteiger partial charge in [-0.25, -0.2) is 4.79 Å². The standard InChI is InChI=1S/C19H29ClN4O/c1-2-22-11-13-24(14-12-22)19(25)21-18-7-9-23(10-8-18)15-16-3-5-17(20)6-4-16/h3-6,18H,2,7-15H2,1H3,(H,21,25). The van der Waals surface area contributed by atoms with E-state index >= 15 is 0 Å². The van der Waals surface area contributed by atoms with Gasteiger partial charge < -0.3 is 15.1 Å². The molecule has 2 fully saturated rings. The van der Waals surface area contributed by atoms with Crippen molar-refractivity contribution in [1.29, 1.82) is 0 Å². The smallest absolute Gasteiger partial charge is 0.317 e. The number of carbonyl (C=O) groups is 1. The van der Waals surface area contributed by atoms with Crippen LogP contribution < -0.4 is 5.32 Å². The summed E-state index contributed by atoms with van der Waals surface area (Å²) in [6, 6.07) is 8.49. The number of urea groups is 1. The predicted octanol–water partition coefficient (Wildman–Crippen LogP) is 2.65. The van der Waals surface area contributed by atoms with E-state index in [0.29, 0.717) is 6.04 Å². The van der Waals surface area contributed by atoms with Crippen LogP contribution in [0, 0.1) is 0 Å². The lowest BCUT2D eigenvalue weighted by molar-refractivity contribution is 0.134. The molecule has 0 bridgehead atoms. The highest BCUT2D eigenvalue weighted by Gasteiger charge is 2.25. The Morgan fingerprint density at radius 3 is 2.28 bits per heavy atom. The molecule has 0 saturated carbocycles. The van der Waals surface area contributed by atoms with Crippen LogP contribution in [0.15, 0.2) is 24.3 Å². The number of nitrogens with one attached hydrogen (secondary N) is 1. The van der Waals surface area contributed by atoms with Crippen LogP contribution in [-0.2, 0) is 6.54 Å². The molecular weight excluding hydrogens is 336 g/mol. The first-order chi connectivity index (χ1) is 12.1. The Morgan fingerprint density at radius 1 is 1.04 bits per heavy atom. The van der Waals surface area contributed by atoms with E-state index in [9.17, 15) is 4.79 Å². The fourth-order valence-corrected chi connectivity index (χ4v) is 3.74. The number of halogens is 1. The molecule has 25 heavy (non-hydrogen) atoms. The van der Waals surface area contributed by atoms with Gasteiger partial charge in [0.15, 0.2) is 0 Å². The van der Waals surface area contributed by atoms with Gasteiger partial charge in [-0.1, -0.05) is 30.7 Å². The lowest BCUT2D eigenvalue weighted by Crippen LogP contribution is -2.54. The average Bonchev–Trinajstić information content (AvgIpc) is 2.65. The van der Waals surface area contributed by atoms with Crippen molar-refractivity contribution in [1.82, 2.24) is 20.0 Å². The van der Waals surface area contributed by atoms with Crippen LogP contribution in [0.1, 0.15) is 25.3 Å². The van der Waals surface area contributed by atoms with E-state index in [1.54, 1.807) is 0 Å². The summed E-state index contributed by atoms with van der Waals surface area (Å²) in [7, 11) is 0. The summed E-state index contributed by atoms with van der Waals surface area (Å²) >= 11 is 5.94. The van der Waals surface area contributed by atoms with Crippen molar-refractivity contribution in [3.8, 4) is 0 Å². The third kappa shape index (κ3) is 5.33. The second kappa shape index (κ2) is 8.88. The lowest BCUT2D eigenvalue weighted by Gasteiger charge is -2.37. The highest BCUT2D eigenvalue weighted by Crippen LogP contribution is 2.16. The van der Waals surface area contributed by atoms with Gasteiger partial charge in [0.1, 0.15) is 0 Å². The third-order valence-corrected chi connectivity index (χ3v) is 5.59.